The van der Waals surface area contributed by atoms with E-state index in [9.17, 15) is 9.59 Å². The first-order valence-corrected chi connectivity index (χ1v) is 10.3. The zero-order valence-corrected chi connectivity index (χ0v) is 17.5. The first-order valence-electron chi connectivity index (χ1n) is 10.3. The van der Waals surface area contributed by atoms with Gasteiger partial charge in [0, 0.05) is 37.6 Å². The lowest BCUT2D eigenvalue weighted by Crippen LogP contribution is -2.37. The van der Waals surface area contributed by atoms with Crippen LogP contribution < -0.4 is 10.1 Å². The van der Waals surface area contributed by atoms with Crippen LogP contribution in [0.3, 0.4) is 0 Å². The van der Waals surface area contributed by atoms with Crippen LogP contribution in [0.25, 0.3) is 11.1 Å². The van der Waals surface area contributed by atoms with Crippen molar-refractivity contribution in [3.8, 4) is 16.9 Å². The molecule has 4 rings (SSSR count). The zero-order valence-electron chi connectivity index (χ0n) is 17.5. The van der Waals surface area contributed by atoms with Crippen LogP contribution in [-0.4, -0.2) is 48.4 Å². The fourth-order valence-corrected chi connectivity index (χ4v) is 3.88. The Bertz CT molecular complexity index is 1070. The van der Waals surface area contributed by atoms with Gasteiger partial charge in [0.2, 0.25) is 5.91 Å². The predicted octanol–water partition coefficient (Wildman–Crippen LogP) is 3.19. The Kier molecular flexibility index (Phi) is 6.26. The molecule has 0 radical (unpaired) electrons. The summed E-state index contributed by atoms with van der Waals surface area (Å²) >= 11 is 0. The Morgan fingerprint density at radius 1 is 1.10 bits per heavy atom. The quantitative estimate of drug-likeness (QED) is 0.695. The van der Waals surface area contributed by atoms with Gasteiger partial charge < -0.3 is 15.0 Å². The van der Waals surface area contributed by atoms with Crippen molar-refractivity contribution in [2.24, 2.45) is 5.92 Å². The van der Waals surface area contributed by atoms with E-state index in [-0.39, 0.29) is 17.7 Å². The van der Waals surface area contributed by atoms with Gasteiger partial charge in [-0.3, -0.25) is 14.6 Å². The van der Waals surface area contributed by atoms with Crippen molar-refractivity contribution in [3.05, 3.63) is 84.2 Å². The average Bonchev–Trinajstić information content (AvgIpc) is 3.00. The van der Waals surface area contributed by atoms with Gasteiger partial charge in [0.25, 0.3) is 5.91 Å². The predicted molar refractivity (Wildman–Crippen MR) is 119 cm³/mol. The minimum atomic E-state index is -0.311. The molecule has 1 unspecified atom stereocenters. The second-order valence-electron chi connectivity index (χ2n) is 7.61. The molecule has 1 aromatic heterocycles. The van der Waals surface area contributed by atoms with Gasteiger partial charge in [0.15, 0.2) is 0 Å². The molecule has 6 nitrogen and oxygen atoms in total. The highest BCUT2D eigenvalue weighted by molar-refractivity contribution is 5.94. The normalized spacial score (nSPS) is 16.4. The molecule has 6 heteroatoms. The van der Waals surface area contributed by atoms with Crippen LogP contribution in [0.2, 0.25) is 0 Å². The van der Waals surface area contributed by atoms with Crippen molar-refractivity contribution in [2.75, 3.05) is 26.7 Å². The molecule has 1 fully saturated rings. The topological polar surface area (TPSA) is 71.5 Å². The van der Waals surface area contributed by atoms with E-state index in [0.29, 0.717) is 31.6 Å². The van der Waals surface area contributed by atoms with E-state index in [2.05, 4.69) is 16.4 Å². The number of carbonyl (C=O) groups excluding carboxylic acids is 2. The summed E-state index contributed by atoms with van der Waals surface area (Å²) in [4.78, 5) is 31.3. The monoisotopic (exact) mass is 415 g/mol. The Morgan fingerprint density at radius 2 is 1.84 bits per heavy atom. The van der Waals surface area contributed by atoms with Gasteiger partial charge in [0.1, 0.15) is 5.75 Å². The molecule has 2 amide bonds. The lowest BCUT2D eigenvalue weighted by atomic mass is 9.95. The highest BCUT2D eigenvalue weighted by atomic mass is 16.5. The summed E-state index contributed by atoms with van der Waals surface area (Å²) in [6, 6.07) is 19.5. The molecule has 2 aromatic carbocycles. The van der Waals surface area contributed by atoms with Crippen LogP contribution in [0.1, 0.15) is 15.9 Å². The van der Waals surface area contributed by atoms with Gasteiger partial charge in [-0.2, -0.15) is 0 Å². The standard InChI is InChI=1S/C25H25N3O3/c1-31-23-7-3-6-21(16-23)20-5-2-4-18(14-20)15-22-17-28(13-12-27-24(22)29)25(30)19-8-10-26-11-9-19/h2-11,14,16,22H,12-13,15,17H2,1H3,(H,27,29). The molecule has 2 heterocycles. The number of aromatic nitrogens is 1. The lowest BCUT2D eigenvalue weighted by Gasteiger charge is -2.23. The highest BCUT2D eigenvalue weighted by Crippen LogP contribution is 2.26. The molecule has 0 aliphatic carbocycles. The fourth-order valence-electron chi connectivity index (χ4n) is 3.88. The maximum atomic E-state index is 12.9. The van der Waals surface area contributed by atoms with Crippen LogP contribution in [0.5, 0.6) is 5.75 Å². The van der Waals surface area contributed by atoms with E-state index in [0.717, 1.165) is 22.4 Å². The van der Waals surface area contributed by atoms with E-state index in [1.807, 2.05) is 42.5 Å². The number of methoxy groups -OCH3 is 1. The molecule has 158 valence electrons. The molecule has 1 N–H and O–H groups in total. The van der Waals surface area contributed by atoms with Crippen molar-refractivity contribution in [1.29, 1.82) is 0 Å². The Labute approximate surface area is 181 Å². The minimum absolute atomic E-state index is 0.0168. The summed E-state index contributed by atoms with van der Waals surface area (Å²) in [5.74, 6) is 0.399. The molecule has 1 aliphatic rings. The van der Waals surface area contributed by atoms with Crippen molar-refractivity contribution < 1.29 is 14.3 Å². The van der Waals surface area contributed by atoms with Gasteiger partial charge in [-0.1, -0.05) is 36.4 Å². The number of carbonyl (C=O) groups is 2. The van der Waals surface area contributed by atoms with Crippen LogP contribution in [0, 0.1) is 5.92 Å². The van der Waals surface area contributed by atoms with Gasteiger partial charge in [0.05, 0.1) is 13.0 Å². The average molecular weight is 415 g/mol. The Hall–Kier alpha value is -3.67. The Balaban J connectivity index is 1.53. The molecule has 1 aliphatic heterocycles. The van der Waals surface area contributed by atoms with Gasteiger partial charge >= 0.3 is 0 Å². The molecular weight excluding hydrogens is 390 g/mol. The summed E-state index contributed by atoms with van der Waals surface area (Å²) in [7, 11) is 1.65. The third-order valence-corrected chi connectivity index (χ3v) is 5.52. The number of benzene rings is 2. The van der Waals surface area contributed by atoms with E-state index in [1.165, 1.54) is 0 Å². The van der Waals surface area contributed by atoms with Crippen molar-refractivity contribution in [3.63, 3.8) is 0 Å². The summed E-state index contributed by atoms with van der Waals surface area (Å²) in [5, 5.41) is 2.95. The van der Waals surface area contributed by atoms with Gasteiger partial charge in [-0.25, -0.2) is 0 Å². The van der Waals surface area contributed by atoms with Crippen LogP contribution in [-0.2, 0) is 11.2 Å². The van der Waals surface area contributed by atoms with Crippen molar-refractivity contribution in [1.82, 2.24) is 15.2 Å². The van der Waals surface area contributed by atoms with Crippen LogP contribution in [0.4, 0.5) is 0 Å². The largest absolute Gasteiger partial charge is 0.497 e. The molecule has 1 atom stereocenters. The number of nitrogens with zero attached hydrogens (tertiary/aromatic N) is 2. The summed E-state index contributed by atoms with van der Waals surface area (Å²) in [5.41, 5.74) is 3.76. The summed E-state index contributed by atoms with van der Waals surface area (Å²) in [6.45, 7) is 1.33. The number of pyridine rings is 1. The Morgan fingerprint density at radius 3 is 2.61 bits per heavy atom. The minimum Gasteiger partial charge on any atom is -0.497 e. The van der Waals surface area contributed by atoms with Crippen molar-refractivity contribution >= 4 is 11.8 Å². The number of nitrogens with one attached hydrogen (secondary N) is 1. The summed E-state index contributed by atoms with van der Waals surface area (Å²) < 4.78 is 5.33. The molecular formula is C25H25N3O3. The number of hydrogen-bond donors (Lipinski definition) is 1. The SMILES string of the molecule is COc1cccc(-c2cccc(CC3CN(C(=O)c4ccncc4)CCNC3=O)c2)c1. The molecule has 0 spiro atoms. The maximum absolute atomic E-state index is 12.9. The molecule has 1 saturated heterocycles. The van der Waals surface area contributed by atoms with E-state index in [4.69, 9.17) is 4.74 Å². The summed E-state index contributed by atoms with van der Waals surface area (Å²) in [6.07, 6.45) is 3.77. The maximum Gasteiger partial charge on any atom is 0.254 e. The fraction of sp³-hybridized carbons (Fsp3) is 0.240. The number of ether oxygens (including phenoxy) is 1. The third-order valence-electron chi connectivity index (χ3n) is 5.52. The first kappa shape index (κ1) is 20.6. The number of amides is 2. The number of rotatable bonds is 5. The number of hydrogen-bond acceptors (Lipinski definition) is 4. The van der Waals surface area contributed by atoms with E-state index >= 15 is 0 Å². The zero-order chi connectivity index (χ0) is 21.6. The smallest absolute Gasteiger partial charge is 0.254 e. The van der Waals surface area contributed by atoms with Crippen molar-refractivity contribution in [2.45, 2.75) is 6.42 Å². The van der Waals surface area contributed by atoms with Gasteiger partial charge in [-0.05, 0) is 47.4 Å². The van der Waals surface area contributed by atoms with Crippen LogP contribution >= 0.6 is 0 Å². The molecule has 0 saturated carbocycles. The van der Waals surface area contributed by atoms with E-state index in [1.54, 1.807) is 36.5 Å². The third kappa shape index (κ3) is 4.91. The molecule has 3 aromatic rings. The van der Waals surface area contributed by atoms with Crippen LogP contribution in [0.15, 0.2) is 73.1 Å². The second kappa shape index (κ2) is 9.43. The highest BCUT2D eigenvalue weighted by Gasteiger charge is 2.28. The molecule has 31 heavy (non-hydrogen) atoms. The van der Waals surface area contributed by atoms with Gasteiger partial charge in [-0.15, -0.1) is 0 Å². The first-order chi connectivity index (χ1) is 15.1. The molecule has 0 bridgehead atoms. The second-order valence-corrected chi connectivity index (χ2v) is 7.61. The lowest BCUT2D eigenvalue weighted by molar-refractivity contribution is -0.124. The van der Waals surface area contributed by atoms with E-state index < -0.39 is 0 Å².